The number of halogens is 1. The molecule has 1 aromatic heterocycles. The van der Waals surface area contributed by atoms with E-state index in [0.717, 1.165) is 27.9 Å². The van der Waals surface area contributed by atoms with Crippen LogP contribution in [0.5, 0.6) is 0 Å². The maximum absolute atomic E-state index is 13.1. The number of fused-ring (bicyclic) bond motifs is 1. The molecule has 28 heavy (non-hydrogen) atoms. The first kappa shape index (κ1) is 18.6. The first-order valence-electron chi connectivity index (χ1n) is 9.21. The largest absolute Gasteiger partial charge is 0.272 e. The second kappa shape index (κ2) is 6.99. The van der Waals surface area contributed by atoms with Crippen LogP contribution >= 0.6 is 11.6 Å². The smallest absolute Gasteiger partial charge is 0.248 e. The Kier molecular flexibility index (Phi) is 4.63. The van der Waals surface area contributed by atoms with Gasteiger partial charge in [0.15, 0.2) is 0 Å². The molecule has 1 atom stereocenters. The summed E-state index contributed by atoms with van der Waals surface area (Å²) in [5.74, 6) is -0.0132. The van der Waals surface area contributed by atoms with Crippen LogP contribution in [0.15, 0.2) is 60.0 Å². The van der Waals surface area contributed by atoms with Gasteiger partial charge in [0.25, 0.3) is 0 Å². The lowest BCUT2D eigenvalue weighted by Gasteiger charge is -2.28. The third-order valence-corrected chi connectivity index (χ3v) is 5.07. The molecule has 2 heterocycles. The van der Waals surface area contributed by atoms with Crippen molar-refractivity contribution in [1.82, 2.24) is 15.0 Å². The molecule has 1 aliphatic rings. The molecule has 0 N–H and O–H groups in total. The third-order valence-electron chi connectivity index (χ3n) is 4.82. The van der Waals surface area contributed by atoms with E-state index < -0.39 is 5.41 Å². The van der Waals surface area contributed by atoms with Crippen molar-refractivity contribution in [2.24, 2.45) is 10.5 Å². The standard InChI is InChI=1S/C22H21ClN4O/c1-22(2,3)21(28)27-20(13-18(26-27)14-4-7-16(23)8-5-14)15-6-9-17-19(12-15)25-11-10-24-17/h4-12,20H,13H2,1-3H3. The minimum Gasteiger partial charge on any atom is -0.272 e. The van der Waals surface area contributed by atoms with E-state index in [9.17, 15) is 4.79 Å². The highest BCUT2D eigenvalue weighted by Gasteiger charge is 2.38. The van der Waals surface area contributed by atoms with Gasteiger partial charge >= 0.3 is 0 Å². The number of aromatic nitrogens is 2. The van der Waals surface area contributed by atoms with Gasteiger partial charge in [-0.2, -0.15) is 5.10 Å². The minimum absolute atomic E-state index is 0.0132. The number of carbonyl (C=O) groups is 1. The molecule has 0 spiro atoms. The molecule has 3 aromatic rings. The molecule has 1 amide bonds. The lowest BCUT2D eigenvalue weighted by Crippen LogP contribution is -2.36. The van der Waals surface area contributed by atoms with Crippen molar-refractivity contribution in [3.63, 3.8) is 0 Å². The van der Waals surface area contributed by atoms with Gasteiger partial charge in [-0.3, -0.25) is 14.8 Å². The van der Waals surface area contributed by atoms with Gasteiger partial charge in [-0.1, -0.05) is 50.6 Å². The van der Waals surface area contributed by atoms with Gasteiger partial charge in [0, 0.05) is 29.3 Å². The fourth-order valence-electron chi connectivity index (χ4n) is 3.31. The summed E-state index contributed by atoms with van der Waals surface area (Å²) in [7, 11) is 0. The van der Waals surface area contributed by atoms with E-state index >= 15 is 0 Å². The van der Waals surface area contributed by atoms with Crippen LogP contribution in [-0.2, 0) is 4.79 Å². The Hall–Kier alpha value is -2.79. The summed E-state index contributed by atoms with van der Waals surface area (Å²) >= 11 is 6.02. The summed E-state index contributed by atoms with van der Waals surface area (Å²) < 4.78 is 0. The summed E-state index contributed by atoms with van der Waals surface area (Å²) in [4.78, 5) is 21.8. The molecular weight excluding hydrogens is 372 g/mol. The van der Waals surface area contributed by atoms with Gasteiger partial charge in [-0.05, 0) is 35.4 Å². The molecule has 4 rings (SSSR count). The Morgan fingerprint density at radius 3 is 2.39 bits per heavy atom. The van der Waals surface area contributed by atoms with Gasteiger partial charge in [-0.15, -0.1) is 0 Å². The van der Waals surface area contributed by atoms with Crippen molar-refractivity contribution < 1.29 is 4.79 Å². The average molecular weight is 393 g/mol. The normalized spacial score (nSPS) is 17.1. The highest BCUT2D eigenvalue weighted by atomic mass is 35.5. The Bertz CT molecular complexity index is 1070. The predicted molar refractivity (Wildman–Crippen MR) is 111 cm³/mol. The minimum atomic E-state index is -0.534. The van der Waals surface area contributed by atoms with Crippen LogP contribution in [0.1, 0.15) is 44.4 Å². The summed E-state index contributed by atoms with van der Waals surface area (Å²) in [6.45, 7) is 5.73. The summed E-state index contributed by atoms with van der Waals surface area (Å²) in [5, 5.41) is 7.02. The summed E-state index contributed by atoms with van der Waals surface area (Å²) in [6, 6.07) is 13.3. The van der Waals surface area contributed by atoms with Crippen molar-refractivity contribution in [3.8, 4) is 0 Å². The zero-order chi connectivity index (χ0) is 19.9. The van der Waals surface area contributed by atoms with Gasteiger partial charge in [0.05, 0.1) is 22.8 Å². The molecule has 2 aromatic carbocycles. The molecule has 0 saturated heterocycles. The maximum atomic E-state index is 13.1. The number of carbonyl (C=O) groups excluding carboxylic acids is 1. The number of nitrogens with zero attached hydrogens (tertiary/aromatic N) is 4. The first-order valence-corrected chi connectivity index (χ1v) is 9.58. The number of rotatable bonds is 2. The SMILES string of the molecule is CC(C)(C)C(=O)N1N=C(c2ccc(Cl)cc2)CC1c1ccc2nccnc2c1. The molecule has 6 heteroatoms. The van der Waals surface area contributed by atoms with Crippen LogP contribution in [0.25, 0.3) is 11.0 Å². The number of benzene rings is 2. The number of hydrazone groups is 1. The van der Waals surface area contributed by atoms with Crippen molar-refractivity contribution in [2.45, 2.75) is 33.2 Å². The maximum Gasteiger partial charge on any atom is 0.248 e. The zero-order valence-corrected chi connectivity index (χ0v) is 16.8. The fraction of sp³-hybridized carbons (Fsp3) is 0.273. The van der Waals surface area contributed by atoms with Crippen molar-refractivity contribution in [3.05, 3.63) is 71.0 Å². The number of hydrogen-bond acceptors (Lipinski definition) is 4. The van der Waals surface area contributed by atoms with Crippen LogP contribution < -0.4 is 0 Å². The van der Waals surface area contributed by atoms with Crippen LogP contribution in [-0.4, -0.2) is 26.6 Å². The Morgan fingerprint density at radius 2 is 1.71 bits per heavy atom. The van der Waals surface area contributed by atoms with Gasteiger partial charge in [-0.25, -0.2) is 5.01 Å². The van der Waals surface area contributed by atoms with Crippen molar-refractivity contribution >= 4 is 34.3 Å². The molecule has 0 radical (unpaired) electrons. The van der Waals surface area contributed by atoms with Crippen LogP contribution in [0.3, 0.4) is 0 Å². The lowest BCUT2D eigenvalue weighted by atomic mass is 9.93. The van der Waals surface area contributed by atoms with Crippen LogP contribution in [0.2, 0.25) is 5.02 Å². The van der Waals surface area contributed by atoms with Crippen LogP contribution in [0.4, 0.5) is 0 Å². The molecular formula is C22H21ClN4O. The molecule has 0 fully saturated rings. The quantitative estimate of drug-likeness (QED) is 0.616. The van der Waals surface area contributed by atoms with E-state index in [2.05, 4.69) is 9.97 Å². The third kappa shape index (κ3) is 3.50. The molecule has 1 unspecified atom stereocenters. The summed E-state index contributed by atoms with van der Waals surface area (Å²) in [5.41, 5.74) is 3.95. The predicted octanol–water partition coefficient (Wildman–Crippen LogP) is 5.01. The van der Waals surface area contributed by atoms with Crippen LogP contribution in [0, 0.1) is 5.41 Å². The van der Waals surface area contributed by atoms with E-state index in [1.165, 1.54) is 0 Å². The fourth-order valence-corrected chi connectivity index (χ4v) is 3.43. The molecule has 0 aliphatic carbocycles. The van der Waals surface area contributed by atoms with E-state index in [1.807, 2.05) is 63.2 Å². The molecule has 0 saturated carbocycles. The molecule has 1 aliphatic heterocycles. The Morgan fingerprint density at radius 1 is 1.04 bits per heavy atom. The first-order chi connectivity index (χ1) is 13.3. The van der Waals surface area contributed by atoms with E-state index in [4.69, 9.17) is 16.7 Å². The van der Waals surface area contributed by atoms with Crippen molar-refractivity contribution in [1.29, 1.82) is 0 Å². The Labute approximate surface area is 169 Å². The molecule has 5 nitrogen and oxygen atoms in total. The molecule has 142 valence electrons. The highest BCUT2D eigenvalue weighted by Crippen LogP contribution is 2.36. The topological polar surface area (TPSA) is 58.5 Å². The van der Waals surface area contributed by atoms with Crippen molar-refractivity contribution in [2.75, 3.05) is 0 Å². The second-order valence-corrected chi connectivity index (χ2v) is 8.41. The summed E-state index contributed by atoms with van der Waals surface area (Å²) in [6.07, 6.45) is 3.98. The number of amides is 1. The highest BCUT2D eigenvalue weighted by molar-refractivity contribution is 6.30. The zero-order valence-electron chi connectivity index (χ0n) is 16.1. The van der Waals surface area contributed by atoms with E-state index in [0.29, 0.717) is 11.4 Å². The number of hydrogen-bond donors (Lipinski definition) is 0. The van der Waals surface area contributed by atoms with E-state index in [1.54, 1.807) is 17.4 Å². The Balaban J connectivity index is 1.75. The second-order valence-electron chi connectivity index (χ2n) is 7.98. The monoisotopic (exact) mass is 392 g/mol. The lowest BCUT2D eigenvalue weighted by molar-refractivity contribution is -0.141. The molecule has 0 bridgehead atoms. The van der Waals surface area contributed by atoms with Gasteiger partial charge in [0.2, 0.25) is 5.91 Å². The average Bonchev–Trinajstić information content (AvgIpc) is 3.12. The van der Waals surface area contributed by atoms with E-state index in [-0.39, 0.29) is 11.9 Å². The van der Waals surface area contributed by atoms with Gasteiger partial charge in [0.1, 0.15) is 0 Å². The van der Waals surface area contributed by atoms with Gasteiger partial charge < -0.3 is 0 Å².